The molecule has 0 radical (unpaired) electrons. The summed E-state index contributed by atoms with van der Waals surface area (Å²) in [6, 6.07) is 23.0. The van der Waals surface area contributed by atoms with Crippen LogP contribution in [0, 0.1) is 0 Å². The summed E-state index contributed by atoms with van der Waals surface area (Å²) in [5.41, 5.74) is 4.21. The molecule has 5 rings (SSSR count). The Balaban J connectivity index is 1.43. The van der Waals surface area contributed by atoms with Gasteiger partial charge in [-0.05, 0) is 41.5 Å². The van der Waals surface area contributed by atoms with Gasteiger partial charge in [0.05, 0.1) is 23.3 Å². The smallest absolute Gasteiger partial charge is 0.331 e. The van der Waals surface area contributed by atoms with E-state index in [-0.39, 0.29) is 13.2 Å². The Hall–Kier alpha value is -3.61. The van der Waals surface area contributed by atoms with Crippen LogP contribution in [0.5, 0.6) is 11.5 Å². The van der Waals surface area contributed by atoms with Crippen LogP contribution in [0.4, 0.5) is 0 Å². The topological polar surface area (TPSA) is 66.9 Å². The highest BCUT2D eigenvalue weighted by molar-refractivity contribution is 6.35. The monoisotopic (exact) mass is 475 g/mol. The molecule has 0 N–H and O–H groups in total. The third-order valence-electron chi connectivity index (χ3n) is 5.70. The largest absolute Gasteiger partial charge is 0.488 e. The summed E-state index contributed by atoms with van der Waals surface area (Å²) in [6.07, 6.45) is -0.506. The minimum atomic E-state index is -0.506. The molecule has 0 spiro atoms. The number of fused-ring (bicyclic) bond motifs is 3. The molecule has 3 aromatic carbocycles. The Kier molecular flexibility index (Phi) is 6.34. The van der Waals surface area contributed by atoms with Crippen molar-refractivity contribution in [2.75, 3.05) is 13.7 Å². The molecule has 0 bridgehead atoms. The average Bonchev–Trinajstić information content (AvgIpc) is 3.02. The lowest BCUT2D eigenvalue weighted by Gasteiger charge is -2.20. The quantitative estimate of drug-likeness (QED) is 0.336. The standard InChI is InChI=1S/C27H22ClNO5/c1-31-25(30)16-34-27-21-7-3-2-5-18(21)14-33-24-12-11-20(13-22(24)27)32-15-19-10-9-17-6-4-8-23(28)26(17)29-19/h2-13,27H,14-16H2,1H3. The van der Waals surface area contributed by atoms with Crippen molar-refractivity contribution in [1.29, 1.82) is 0 Å². The second kappa shape index (κ2) is 9.71. The molecule has 34 heavy (non-hydrogen) atoms. The number of hydrogen-bond acceptors (Lipinski definition) is 6. The first-order valence-corrected chi connectivity index (χ1v) is 11.2. The van der Waals surface area contributed by atoms with Crippen LogP contribution in [0.3, 0.4) is 0 Å². The number of pyridine rings is 1. The van der Waals surface area contributed by atoms with Gasteiger partial charge >= 0.3 is 5.97 Å². The van der Waals surface area contributed by atoms with Crippen molar-refractivity contribution in [3.8, 4) is 11.5 Å². The summed E-state index contributed by atoms with van der Waals surface area (Å²) in [5, 5.41) is 1.58. The molecule has 0 aliphatic carbocycles. The van der Waals surface area contributed by atoms with Crippen molar-refractivity contribution in [3.05, 3.63) is 100 Å². The predicted octanol–water partition coefficient (Wildman–Crippen LogP) is 5.64. The highest BCUT2D eigenvalue weighted by atomic mass is 35.5. The fourth-order valence-corrected chi connectivity index (χ4v) is 4.20. The average molecular weight is 476 g/mol. The second-order valence-electron chi connectivity index (χ2n) is 7.86. The molecule has 1 aliphatic rings. The van der Waals surface area contributed by atoms with Crippen molar-refractivity contribution < 1.29 is 23.7 Å². The molecule has 1 aliphatic heterocycles. The van der Waals surface area contributed by atoms with Gasteiger partial charge in [0.2, 0.25) is 0 Å². The van der Waals surface area contributed by atoms with E-state index in [1.165, 1.54) is 7.11 Å². The van der Waals surface area contributed by atoms with Gasteiger partial charge in [0.15, 0.2) is 0 Å². The van der Waals surface area contributed by atoms with E-state index in [9.17, 15) is 4.79 Å². The number of rotatable bonds is 6. The summed E-state index contributed by atoms with van der Waals surface area (Å²) in [5.74, 6) is 0.862. The van der Waals surface area contributed by atoms with Crippen LogP contribution in [0.25, 0.3) is 10.9 Å². The lowest BCUT2D eigenvalue weighted by molar-refractivity contribution is -0.147. The van der Waals surface area contributed by atoms with Crippen LogP contribution >= 0.6 is 11.6 Å². The van der Waals surface area contributed by atoms with E-state index in [0.29, 0.717) is 23.1 Å². The van der Waals surface area contributed by atoms with E-state index in [4.69, 9.17) is 30.5 Å². The molecular weight excluding hydrogens is 454 g/mol. The van der Waals surface area contributed by atoms with Crippen molar-refractivity contribution in [2.45, 2.75) is 19.3 Å². The molecule has 172 valence electrons. The van der Waals surface area contributed by atoms with Crippen molar-refractivity contribution in [3.63, 3.8) is 0 Å². The van der Waals surface area contributed by atoms with Gasteiger partial charge in [0.25, 0.3) is 0 Å². The molecule has 6 nitrogen and oxygen atoms in total. The van der Waals surface area contributed by atoms with Crippen LogP contribution < -0.4 is 9.47 Å². The molecule has 1 unspecified atom stereocenters. The molecule has 0 amide bonds. The van der Waals surface area contributed by atoms with Crippen LogP contribution in [-0.4, -0.2) is 24.7 Å². The number of hydrogen-bond donors (Lipinski definition) is 0. The molecule has 4 aromatic rings. The number of halogens is 1. The van der Waals surface area contributed by atoms with E-state index in [0.717, 1.165) is 33.3 Å². The minimum absolute atomic E-state index is 0.179. The summed E-state index contributed by atoms with van der Waals surface area (Å²) >= 11 is 6.30. The van der Waals surface area contributed by atoms with E-state index in [1.54, 1.807) is 0 Å². The SMILES string of the molecule is COC(=O)COC1c2ccccc2COc2ccc(OCc3ccc4cccc(Cl)c4n3)cc21. The Morgan fingerprint density at radius 2 is 1.94 bits per heavy atom. The van der Waals surface area contributed by atoms with Crippen molar-refractivity contribution in [2.24, 2.45) is 0 Å². The van der Waals surface area contributed by atoms with Gasteiger partial charge < -0.3 is 18.9 Å². The third kappa shape index (κ3) is 4.55. The second-order valence-corrected chi connectivity index (χ2v) is 8.26. The summed E-state index contributed by atoms with van der Waals surface area (Å²) in [6.45, 7) is 0.496. The van der Waals surface area contributed by atoms with Gasteiger partial charge in [-0.1, -0.05) is 54.1 Å². The van der Waals surface area contributed by atoms with Gasteiger partial charge in [0, 0.05) is 10.9 Å². The van der Waals surface area contributed by atoms with Crippen molar-refractivity contribution >= 4 is 28.5 Å². The molecule has 0 saturated heterocycles. The van der Waals surface area contributed by atoms with Crippen LogP contribution in [-0.2, 0) is 27.5 Å². The van der Waals surface area contributed by atoms with Crippen molar-refractivity contribution in [1.82, 2.24) is 4.98 Å². The van der Waals surface area contributed by atoms with E-state index >= 15 is 0 Å². The van der Waals surface area contributed by atoms with E-state index < -0.39 is 12.1 Å². The highest BCUT2D eigenvalue weighted by Crippen LogP contribution is 2.40. The fraction of sp³-hybridized carbons (Fsp3) is 0.185. The molecule has 1 atom stereocenters. The Morgan fingerprint density at radius 3 is 2.82 bits per heavy atom. The number of benzene rings is 3. The maximum absolute atomic E-state index is 11.8. The zero-order valence-corrected chi connectivity index (χ0v) is 19.2. The Labute approximate surface area is 202 Å². The minimum Gasteiger partial charge on any atom is -0.488 e. The summed E-state index contributed by atoms with van der Waals surface area (Å²) in [4.78, 5) is 16.4. The zero-order valence-electron chi connectivity index (χ0n) is 18.5. The number of para-hydroxylation sites is 1. The van der Waals surface area contributed by atoms with Gasteiger partial charge in [-0.15, -0.1) is 0 Å². The van der Waals surface area contributed by atoms with Gasteiger partial charge in [-0.2, -0.15) is 0 Å². The maximum atomic E-state index is 11.8. The van der Waals surface area contributed by atoms with Gasteiger partial charge in [0.1, 0.15) is 37.4 Å². The number of esters is 1. The number of aromatic nitrogens is 1. The number of methoxy groups -OCH3 is 1. The number of nitrogens with zero attached hydrogens (tertiary/aromatic N) is 1. The first-order chi connectivity index (χ1) is 16.6. The van der Waals surface area contributed by atoms with E-state index in [1.807, 2.05) is 72.8 Å². The fourth-order valence-electron chi connectivity index (χ4n) is 3.98. The summed E-state index contributed by atoms with van der Waals surface area (Å²) in [7, 11) is 1.34. The number of ether oxygens (including phenoxy) is 4. The number of carbonyl (C=O) groups excluding carboxylic acids is 1. The predicted molar refractivity (Wildman–Crippen MR) is 128 cm³/mol. The molecule has 2 heterocycles. The van der Waals surface area contributed by atoms with Crippen LogP contribution in [0.1, 0.15) is 28.5 Å². The first kappa shape index (κ1) is 22.2. The third-order valence-corrected chi connectivity index (χ3v) is 6.00. The summed E-state index contributed by atoms with van der Waals surface area (Å²) < 4.78 is 22.9. The zero-order chi connectivity index (χ0) is 23.5. The lowest BCUT2D eigenvalue weighted by atomic mass is 9.97. The lowest BCUT2D eigenvalue weighted by Crippen LogP contribution is -2.15. The normalized spacial score (nSPS) is 14.5. The molecule has 0 fully saturated rings. The van der Waals surface area contributed by atoms with E-state index in [2.05, 4.69) is 4.98 Å². The molecule has 7 heteroatoms. The highest BCUT2D eigenvalue weighted by Gasteiger charge is 2.27. The first-order valence-electron chi connectivity index (χ1n) is 10.8. The van der Waals surface area contributed by atoms with Crippen LogP contribution in [0.2, 0.25) is 5.02 Å². The van der Waals surface area contributed by atoms with Gasteiger partial charge in [-0.25, -0.2) is 9.78 Å². The molecule has 1 aromatic heterocycles. The Morgan fingerprint density at radius 1 is 1.06 bits per heavy atom. The molecule has 0 saturated carbocycles. The number of carbonyl (C=O) groups is 1. The van der Waals surface area contributed by atoms with Gasteiger partial charge in [-0.3, -0.25) is 0 Å². The molecular formula is C27H22ClNO5. The van der Waals surface area contributed by atoms with Crippen LogP contribution in [0.15, 0.2) is 72.8 Å². The maximum Gasteiger partial charge on any atom is 0.331 e. The Bertz CT molecular complexity index is 1360.